The number of likely N-dealkylation sites (N-methyl/N-ethyl adjacent to an activating group) is 2. The minimum absolute atomic E-state index is 0.146. The Morgan fingerprint density at radius 1 is 1.10 bits per heavy atom. The van der Waals surface area contributed by atoms with Gasteiger partial charge in [-0.3, -0.25) is 0 Å². The highest BCUT2D eigenvalue weighted by atomic mass is 79.9. The average Bonchev–Trinajstić information content (AvgIpc) is 2.32. The van der Waals surface area contributed by atoms with Crippen LogP contribution in [0.2, 0.25) is 0 Å². The number of halogens is 1. The van der Waals surface area contributed by atoms with Gasteiger partial charge in [0.15, 0.2) is 0 Å². The van der Waals surface area contributed by atoms with Crippen LogP contribution in [0.4, 0.5) is 5.69 Å². The van der Waals surface area contributed by atoms with Crippen LogP contribution in [0.5, 0.6) is 0 Å². The molecule has 4 heteroatoms. The second-order valence-electron chi connectivity index (χ2n) is 6.61. The van der Waals surface area contributed by atoms with E-state index in [0.717, 1.165) is 24.1 Å². The van der Waals surface area contributed by atoms with E-state index in [1.807, 2.05) is 0 Å². The van der Waals surface area contributed by atoms with Gasteiger partial charge in [0, 0.05) is 36.7 Å². The first-order valence-corrected chi connectivity index (χ1v) is 7.87. The summed E-state index contributed by atoms with van der Waals surface area (Å²) < 4.78 is 1.16. The zero-order valence-electron chi connectivity index (χ0n) is 13.6. The Labute approximate surface area is 132 Å². The second-order valence-corrected chi connectivity index (χ2v) is 7.47. The Morgan fingerprint density at radius 2 is 1.75 bits per heavy atom. The van der Waals surface area contributed by atoms with E-state index in [-0.39, 0.29) is 5.54 Å². The topological polar surface area (TPSA) is 18.5 Å². The maximum Gasteiger partial charge on any atom is 0.0508 e. The van der Waals surface area contributed by atoms with Gasteiger partial charge in [-0.15, -0.1) is 0 Å². The molecule has 0 aromatic heterocycles. The summed E-state index contributed by atoms with van der Waals surface area (Å²) in [6, 6.07) is 6.60. The molecule has 0 aliphatic rings. The molecule has 0 unspecified atom stereocenters. The maximum atomic E-state index is 3.69. The Balaban J connectivity index is 2.67. The number of anilines is 1. The van der Waals surface area contributed by atoms with Crippen LogP contribution in [0.3, 0.4) is 0 Å². The molecule has 0 aliphatic heterocycles. The lowest BCUT2D eigenvalue weighted by Crippen LogP contribution is -2.35. The van der Waals surface area contributed by atoms with Crippen LogP contribution in [-0.2, 0) is 6.54 Å². The number of nitrogens with zero attached hydrogens (tertiary/aromatic N) is 2. The van der Waals surface area contributed by atoms with Gasteiger partial charge < -0.3 is 15.1 Å². The van der Waals surface area contributed by atoms with Crippen molar-refractivity contribution >= 4 is 21.6 Å². The molecule has 1 rings (SSSR count). The molecule has 3 nitrogen and oxygen atoms in total. The molecule has 0 fully saturated rings. The predicted molar refractivity (Wildman–Crippen MR) is 92.6 cm³/mol. The van der Waals surface area contributed by atoms with E-state index in [1.54, 1.807) is 0 Å². The van der Waals surface area contributed by atoms with Gasteiger partial charge in [0.05, 0.1) is 5.69 Å². The summed E-state index contributed by atoms with van der Waals surface area (Å²) in [6.07, 6.45) is 0. The van der Waals surface area contributed by atoms with Crippen LogP contribution in [0, 0.1) is 0 Å². The summed E-state index contributed by atoms with van der Waals surface area (Å²) in [7, 11) is 6.34. The number of hydrogen-bond donors (Lipinski definition) is 1. The van der Waals surface area contributed by atoms with Gasteiger partial charge >= 0.3 is 0 Å². The fraction of sp³-hybridized carbons (Fsp3) is 0.625. The number of benzene rings is 1. The third-order valence-electron chi connectivity index (χ3n) is 3.13. The van der Waals surface area contributed by atoms with Crippen molar-refractivity contribution in [1.29, 1.82) is 0 Å². The largest absolute Gasteiger partial charge is 0.372 e. The molecule has 0 atom stereocenters. The lowest BCUT2D eigenvalue weighted by Gasteiger charge is -2.24. The zero-order valence-corrected chi connectivity index (χ0v) is 15.2. The SMILES string of the molecule is CN(C)CCN(C)c1ccc(CNC(C)(C)C)cc1Br. The number of hydrogen-bond acceptors (Lipinski definition) is 3. The van der Waals surface area contributed by atoms with Crippen LogP contribution in [0.15, 0.2) is 22.7 Å². The molecular weight excluding hydrogens is 314 g/mol. The molecule has 0 radical (unpaired) electrons. The van der Waals surface area contributed by atoms with Crippen molar-refractivity contribution in [2.75, 3.05) is 39.1 Å². The number of nitrogens with one attached hydrogen (secondary N) is 1. The van der Waals surface area contributed by atoms with Crippen molar-refractivity contribution in [1.82, 2.24) is 10.2 Å². The summed E-state index contributed by atoms with van der Waals surface area (Å²) in [6.45, 7) is 9.52. The van der Waals surface area contributed by atoms with Crippen LogP contribution >= 0.6 is 15.9 Å². The van der Waals surface area contributed by atoms with Gasteiger partial charge in [-0.25, -0.2) is 0 Å². The van der Waals surface area contributed by atoms with Gasteiger partial charge in [-0.1, -0.05) is 6.07 Å². The third-order valence-corrected chi connectivity index (χ3v) is 3.76. The molecule has 0 bridgehead atoms. The summed E-state index contributed by atoms with van der Waals surface area (Å²) in [5.74, 6) is 0. The first-order chi connectivity index (χ1) is 9.19. The van der Waals surface area contributed by atoms with Crippen molar-refractivity contribution in [3.8, 4) is 0 Å². The molecule has 1 aromatic carbocycles. The monoisotopic (exact) mass is 341 g/mol. The van der Waals surface area contributed by atoms with Gasteiger partial charge in [0.2, 0.25) is 0 Å². The van der Waals surface area contributed by atoms with Gasteiger partial charge in [-0.2, -0.15) is 0 Å². The Bertz CT molecular complexity index is 424. The minimum Gasteiger partial charge on any atom is -0.372 e. The Morgan fingerprint density at radius 3 is 2.25 bits per heavy atom. The fourth-order valence-electron chi connectivity index (χ4n) is 1.81. The maximum absolute atomic E-state index is 3.69. The summed E-state index contributed by atoms with van der Waals surface area (Å²) in [4.78, 5) is 4.48. The normalized spacial score (nSPS) is 12.0. The van der Waals surface area contributed by atoms with Gasteiger partial charge in [0.1, 0.15) is 0 Å². The zero-order chi connectivity index (χ0) is 15.3. The van der Waals surface area contributed by atoms with Gasteiger partial charge in [0.25, 0.3) is 0 Å². The molecule has 114 valence electrons. The van der Waals surface area contributed by atoms with Crippen molar-refractivity contribution in [3.05, 3.63) is 28.2 Å². The molecule has 0 aliphatic carbocycles. The summed E-state index contributed by atoms with van der Waals surface area (Å²) in [5.41, 5.74) is 2.69. The van der Waals surface area contributed by atoms with E-state index in [1.165, 1.54) is 11.3 Å². The molecule has 0 saturated carbocycles. The van der Waals surface area contributed by atoms with E-state index in [9.17, 15) is 0 Å². The molecule has 0 amide bonds. The van der Waals surface area contributed by atoms with E-state index >= 15 is 0 Å². The Hall–Kier alpha value is -0.580. The quantitative estimate of drug-likeness (QED) is 0.856. The van der Waals surface area contributed by atoms with E-state index < -0.39 is 0 Å². The third kappa shape index (κ3) is 6.25. The molecule has 0 spiro atoms. The van der Waals surface area contributed by atoms with Crippen LogP contribution in [-0.4, -0.2) is 44.7 Å². The summed E-state index contributed by atoms with van der Waals surface area (Å²) >= 11 is 3.69. The van der Waals surface area contributed by atoms with Crippen LogP contribution in [0.1, 0.15) is 26.3 Å². The standard InChI is InChI=1S/C16H28BrN3/c1-16(2,3)18-12-13-7-8-15(14(17)11-13)20(6)10-9-19(4)5/h7-8,11,18H,9-10,12H2,1-6H3. The fourth-order valence-corrected chi connectivity index (χ4v) is 2.54. The van der Waals surface area contributed by atoms with E-state index in [2.05, 4.69) is 91.2 Å². The average molecular weight is 342 g/mol. The minimum atomic E-state index is 0.146. The molecule has 20 heavy (non-hydrogen) atoms. The van der Waals surface area contributed by atoms with E-state index in [0.29, 0.717) is 0 Å². The second kappa shape index (κ2) is 7.43. The van der Waals surface area contributed by atoms with Crippen molar-refractivity contribution < 1.29 is 0 Å². The molecule has 0 heterocycles. The van der Waals surface area contributed by atoms with Crippen molar-refractivity contribution in [3.63, 3.8) is 0 Å². The first kappa shape index (κ1) is 17.5. The summed E-state index contributed by atoms with van der Waals surface area (Å²) in [5, 5.41) is 3.51. The molecule has 0 saturated heterocycles. The lowest BCUT2D eigenvalue weighted by atomic mass is 10.1. The Kier molecular flexibility index (Phi) is 6.49. The lowest BCUT2D eigenvalue weighted by molar-refractivity contribution is 0.416. The highest BCUT2D eigenvalue weighted by Gasteiger charge is 2.10. The van der Waals surface area contributed by atoms with Crippen molar-refractivity contribution in [2.24, 2.45) is 0 Å². The molecular formula is C16H28BrN3. The number of rotatable bonds is 6. The first-order valence-electron chi connectivity index (χ1n) is 7.08. The highest BCUT2D eigenvalue weighted by Crippen LogP contribution is 2.26. The van der Waals surface area contributed by atoms with Gasteiger partial charge in [-0.05, 0) is 68.5 Å². The molecule has 1 N–H and O–H groups in total. The highest BCUT2D eigenvalue weighted by molar-refractivity contribution is 9.10. The van der Waals surface area contributed by atoms with Crippen LogP contribution < -0.4 is 10.2 Å². The predicted octanol–water partition coefficient (Wildman–Crippen LogP) is 3.34. The van der Waals surface area contributed by atoms with Crippen LogP contribution in [0.25, 0.3) is 0 Å². The van der Waals surface area contributed by atoms with Crippen molar-refractivity contribution in [2.45, 2.75) is 32.9 Å². The van der Waals surface area contributed by atoms with E-state index in [4.69, 9.17) is 0 Å². The molecule has 1 aromatic rings. The smallest absolute Gasteiger partial charge is 0.0508 e.